The van der Waals surface area contributed by atoms with Gasteiger partial charge in [0.05, 0.1) is 19.6 Å². The fraction of sp³-hybridized carbons (Fsp3) is 0.182. The normalized spacial score (nSPS) is 15.4. The van der Waals surface area contributed by atoms with Crippen LogP contribution >= 0.6 is 11.3 Å². The van der Waals surface area contributed by atoms with Crippen LogP contribution in [0.15, 0.2) is 60.0 Å². The highest BCUT2D eigenvalue weighted by Gasteiger charge is 2.34. The predicted octanol–water partition coefficient (Wildman–Crippen LogP) is 4.56. The van der Waals surface area contributed by atoms with Gasteiger partial charge in [-0.3, -0.25) is 9.59 Å². The number of amides is 2. The highest BCUT2D eigenvalue weighted by atomic mass is 32.1. The number of hydrogen-bond donors (Lipinski definition) is 1. The van der Waals surface area contributed by atoms with Crippen molar-refractivity contribution in [2.75, 3.05) is 17.3 Å². The van der Waals surface area contributed by atoms with E-state index in [-0.39, 0.29) is 18.2 Å². The van der Waals surface area contributed by atoms with E-state index in [1.165, 1.54) is 12.1 Å². The van der Waals surface area contributed by atoms with Crippen molar-refractivity contribution in [2.24, 2.45) is 0 Å². The summed E-state index contributed by atoms with van der Waals surface area (Å²) in [6.07, 6.45) is 0.0224. The average molecular weight is 410 g/mol. The van der Waals surface area contributed by atoms with Crippen molar-refractivity contribution in [1.29, 1.82) is 0 Å². The third-order valence-electron chi connectivity index (χ3n) is 4.90. The summed E-state index contributed by atoms with van der Waals surface area (Å²) in [5, 5.41) is 4.62. The molecule has 0 saturated carbocycles. The third kappa shape index (κ3) is 4.00. The molecule has 3 aromatic rings. The van der Waals surface area contributed by atoms with Gasteiger partial charge in [-0.15, -0.1) is 11.3 Å². The van der Waals surface area contributed by atoms with E-state index >= 15 is 0 Å². The number of ether oxygens (including phenoxy) is 1. The van der Waals surface area contributed by atoms with E-state index in [1.807, 2.05) is 29.6 Å². The summed E-state index contributed by atoms with van der Waals surface area (Å²) in [7, 11) is 1.58. The first-order chi connectivity index (χ1) is 14.0. The van der Waals surface area contributed by atoms with E-state index in [0.29, 0.717) is 29.2 Å². The first kappa shape index (κ1) is 19.1. The summed E-state index contributed by atoms with van der Waals surface area (Å²) < 4.78 is 18.9. The Morgan fingerprint density at radius 2 is 2.03 bits per heavy atom. The summed E-state index contributed by atoms with van der Waals surface area (Å²) in [6, 6.07) is 15.3. The molecule has 0 aliphatic carbocycles. The van der Waals surface area contributed by atoms with Crippen LogP contribution in [0.2, 0.25) is 0 Å². The van der Waals surface area contributed by atoms with Gasteiger partial charge in [-0.1, -0.05) is 12.1 Å². The van der Waals surface area contributed by atoms with E-state index in [4.69, 9.17) is 4.74 Å². The van der Waals surface area contributed by atoms with Gasteiger partial charge in [0, 0.05) is 22.7 Å². The second-order valence-corrected chi connectivity index (χ2v) is 7.77. The number of methoxy groups -OCH3 is 1. The zero-order valence-corrected chi connectivity index (χ0v) is 16.5. The highest BCUT2D eigenvalue weighted by molar-refractivity contribution is 7.09. The fourth-order valence-electron chi connectivity index (χ4n) is 3.46. The monoisotopic (exact) mass is 410 g/mol. The molecule has 0 fully saturated rings. The summed E-state index contributed by atoms with van der Waals surface area (Å²) in [6.45, 7) is 0.386. The van der Waals surface area contributed by atoms with Gasteiger partial charge in [-0.25, -0.2) is 4.39 Å². The second-order valence-electron chi connectivity index (χ2n) is 6.74. The molecule has 29 heavy (non-hydrogen) atoms. The van der Waals surface area contributed by atoms with Crippen molar-refractivity contribution in [3.8, 4) is 5.75 Å². The molecule has 1 unspecified atom stereocenters. The van der Waals surface area contributed by atoms with E-state index in [1.54, 1.807) is 41.5 Å². The molecule has 5 nitrogen and oxygen atoms in total. The van der Waals surface area contributed by atoms with Gasteiger partial charge in [0.1, 0.15) is 11.6 Å². The number of hydrogen-bond acceptors (Lipinski definition) is 4. The van der Waals surface area contributed by atoms with Gasteiger partial charge in [0.25, 0.3) is 0 Å². The molecule has 1 atom stereocenters. The molecule has 2 aromatic carbocycles. The maximum Gasteiger partial charge on any atom is 0.235 e. The number of halogens is 1. The Hall–Kier alpha value is -3.19. The van der Waals surface area contributed by atoms with Crippen LogP contribution in [0.1, 0.15) is 22.8 Å². The van der Waals surface area contributed by atoms with Gasteiger partial charge in [0.15, 0.2) is 0 Å². The third-order valence-corrected chi connectivity index (χ3v) is 5.76. The lowest BCUT2D eigenvalue weighted by Crippen LogP contribution is -2.38. The summed E-state index contributed by atoms with van der Waals surface area (Å²) >= 11 is 1.56. The molecule has 0 saturated heterocycles. The molecule has 1 aliphatic rings. The molecule has 1 N–H and O–H groups in total. The Labute approximate surface area is 171 Å². The predicted molar refractivity (Wildman–Crippen MR) is 111 cm³/mol. The summed E-state index contributed by atoms with van der Waals surface area (Å²) in [4.78, 5) is 28.5. The number of carbonyl (C=O) groups is 2. The van der Waals surface area contributed by atoms with Crippen molar-refractivity contribution in [3.63, 3.8) is 0 Å². The zero-order chi connectivity index (χ0) is 20.4. The number of nitrogens with one attached hydrogen (secondary N) is 1. The lowest BCUT2D eigenvalue weighted by atomic mass is 9.89. The van der Waals surface area contributed by atoms with Gasteiger partial charge in [-0.05, 0) is 53.4 Å². The molecule has 0 radical (unpaired) electrons. The molecule has 0 spiro atoms. The number of nitrogens with zero attached hydrogens (tertiary/aromatic N) is 1. The summed E-state index contributed by atoms with van der Waals surface area (Å²) in [5.41, 5.74) is 1.69. The van der Waals surface area contributed by atoms with Crippen LogP contribution in [-0.2, 0) is 16.1 Å². The molecule has 1 aliphatic heterocycles. The zero-order valence-electron chi connectivity index (χ0n) is 15.7. The quantitative estimate of drug-likeness (QED) is 0.671. The Morgan fingerprint density at radius 1 is 1.24 bits per heavy atom. The van der Waals surface area contributed by atoms with Crippen molar-refractivity contribution in [3.05, 3.63) is 76.2 Å². The molecule has 148 valence electrons. The topological polar surface area (TPSA) is 58.6 Å². The Kier molecular flexibility index (Phi) is 5.31. The van der Waals surface area contributed by atoms with E-state index < -0.39 is 11.7 Å². The lowest BCUT2D eigenvalue weighted by molar-refractivity contribution is -0.124. The van der Waals surface area contributed by atoms with Crippen LogP contribution in [0.3, 0.4) is 0 Å². The molecule has 1 aromatic heterocycles. The van der Waals surface area contributed by atoms with Crippen molar-refractivity contribution in [2.45, 2.75) is 18.9 Å². The van der Waals surface area contributed by atoms with E-state index in [0.717, 1.165) is 4.88 Å². The number of fused-ring (bicyclic) bond motifs is 1. The van der Waals surface area contributed by atoms with Crippen LogP contribution in [0.4, 0.5) is 15.8 Å². The Morgan fingerprint density at radius 3 is 2.72 bits per heavy atom. The van der Waals surface area contributed by atoms with Gasteiger partial charge in [-0.2, -0.15) is 0 Å². The van der Waals surface area contributed by atoms with Crippen LogP contribution in [0.25, 0.3) is 0 Å². The minimum absolute atomic E-state index is 0.0224. The molecule has 2 amide bonds. The number of carbonyl (C=O) groups excluding carboxylic acids is 2. The van der Waals surface area contributed by atoms with Crippen LogP contribution in [0.5, 0.6) is 5.75 Å². The molecule has 0 bridgehead atoms. The maximum atomic E-state index is 13.6. The first-order valence-electron chi connectivity index (χ1n) is 9.12. The number of rotatable bonds is 5. The Balaban J connectivity index is 1.72. The van der Waals surface area contributed by atoms with Crippen molar-refractivity contribution >= 4 is 34.5 Å². The van der Waals surface area contributed by atoms with E-state index in [9.17, 15) is 14.0 Å². The van der Waals surface area contributed by atoms with E-state index in [2.05, 4.69) is 5.32 Å². The molecule has 2 heterocycles. The van der Waals surface area contributed by atoms with Crippen molar-refractivity contribution in [1.82, 2.24) is 0 Å². The van der Waals surface area contributed by atoms with Crippen molar-refractivity contribution < 1.29 is 18.7 Å². The number of thiophene rings is 1. The Bertz CT molecular complexity index is 1030. The molecular formula is C22H19FN2O3S. The second kappa shape index (κ2) is 8.05. The smallest absolute Gasteiger partial charge is 0.235 e. The highest BCUT2D eigenvalue weighted by Crippen LogP contribution is 2.36. The molecule has 4 rings (SSSR count). The van der Waals surface area contributed by atoms with Crippen LogP contribution in [0, 0.1) is 5.82 Å². The fourth-order valence-corrected chi connectivity index (χ4v) is 4.16. The molecular weight excluding hydrogens is 391 g/mol. The minimum atomic E-state index is -0.679. The number of benzene rings is 2. The van der Waals surface area contributed by atoms with Gasteiger partial charge >= 0.3 is 0 Å². The van der Waals surface area contributed by atoms with Gasteiger partial charge < -0.3 is 15.0 Å². The maximum absolute atomic E-state index is 13.6. The number of anilines is 2. The molecule has 7 heteroatoms. The summed E-state index contributed by atoms with van der Waals surface area (Å²) in [5.74, 6) is -0.946. The first-order valence-corrected chi connectivity index (χ1v) is 10.00. The lowest BCUT2D eigenvalue weighted by Gasteiger charge is -2.30. The SMILES string of the molecule is COc1ccc(N(Cc2cccs2)C(=O)C2CC(=O)Nc3cc(F)ccc32)cc1. The van der Waals surface area contributed by atoms with Gasteiger partial charge in [0.2, 0.25) is 11.8 Å². The van der Waals surface area contributed by atoms with Crippen LogP contribution in [-0.4, -0.2) is 18.9 Å². The minimum Gasteiger partial charge on any atom is -0.497 e. The average Bonchev–Trinajstić information content (AvgIpc) is 3.24. The van der Waals surface area contributed by atoms with Crippen LogP contribution < -0.4 is 15.0 Å². The standard InChI is InChI=1S/C22H19FN2O3S/c1-28-16-7-5-15(6-8-16)25(13-17-3-2-10-29-17)22(27)19-12-21(26)24-20-11-14(23)4-9-18(19)20/h2-11,19H,12-13H2,1H3,(H,24,26). The largest absolute Gasteiger partial charge is 0.497 e.